The smallest absolute Gasteiger partial charge is 0.311 e. The fourth-order valence-electron chi connectivity index (χ4n) is 8.80. The summed E-state index contributed by atoms with van der Waals surface area (Å²) in [6.07, 6.45) is -7.80. The van der Waals surface area contributed by atoms with E-state index < -0.39 is 95.5 Å². The van der Waals surface area contributed by atoms with Gasteiger partial charge in [-0.15, -0.1) is 0 Å². The van der Waals surface area contributed by atoms with Crippen LogP contribution < -0.4 is 11.1 Å². The number of aliphatic hydroxyl groups is 5. The Morgan fingerprint density at radius 3 is 2.15 bits per heavy atom. The third-order valence-electron chi connectivity index (χ3n) is 12.5. The van der Waals surface area contributed by atoms with E-state index in [1.165, 1.54) is 14.0 Å². The number of carbonyl (C=O) groups is 1. The van der Waals surface area contributed by atoms with Gasteiger partial charge in [-0.2, -0.15) is 0 Å². The minimum Gasteiger partial charge on any atom is -0.459 e. The predicted molar refractivity (Wildman–Crippen MR) is 198 cm³/mol. The van der Waals surface area contributed by atoms with Gasteiger partial charge in [0.05, 0.1) is 35.9 Å². The normalized spacial score (nSPS) is 49.9. The molecule has 0 aromatic rings. The highest BCUT2D eigenvalue weighted by atomic mass is 16.7. The molecule has 3 rings (SSSR count). The standard InChI is InChI=1S/C38H73N3O12/c1-14-27-37(10,46)31(43)24(6)40-18-20(2)16-35(8,45)32(53-34-29(42)26(41(11)12)15-21(3)49-34)22(4)30(23(5)33(44)51-27)52-28-17-36(9,48-13)38(47,19-39)25(7)50-28/h20-32,34,40,42-43,45-47H,14-19,39H2,1-13H3/t20-,21-,22+,23-,24-,25+,26+,27-,28+,29-,30+,31-,32-,34+,35-,36-,37?,38+/m1/s1. The second-order valence-corrected chi connectivity index (χ2v) is 17.2. The number of nitrogens with zero attached hydrogens (tertiary/aromatic N) is 1. The van der Waals surface area contributed by atoms with Gasteiger partial charge >= 0.3 is 5.97 Å². The van der Waals surface area contributed by atoms with Gasteiger partial charge in [0.1, 0.15) is 35.1 Å². The van der Waals surface area contributed by atoms with E-state index in [-0.39, 0.29) is 43.9 Å². The number of rotatable bonds is 8. The highest BCUT2D eigenvalue weighted by molar-refractivity contribution is 5.73. The molecule has 15 heteroatoms. The summed E-state index contributed by atoms with van der Waals surface area (Å²) in [5.74, 6) is -2.71. The van der Waals surface area contributed by atoms with Crippen LogP contribution in [0.25, 0.3) is 0 Å². The van der Waals surface area contributed by atoms with Crippen LogP contribution in [-0.4, -0.2) is 160 Å². The van der Waals surface area contributed by atoms with Gasteiger partial charge in [-0.25, -0.2) is 0 Å². The van der Waals surface area contributed by atoms with E-state index in [0.29, 0.717) is 13.0 Å². The molecule has 3 aliphatic heterocycles. The van der Waals surface area contributed by atoms with Crippen LogP contribution in [-0.2, 0) is 33.2 Å². The Balaban J connectivity index is 2.17. The van der Waals surface area contributed by atoms with Gasteiger partial charge in [0.15, 0.2) is 12.6 Å². The molecule has 53 heavy (non-hydrogen) atoms. The molecule has 3 saturated heterocycles. The van der Waals surface area contributed by atoms with Crippen LogP contribution in [0.4, 0.5) is 0 Å². The van der Waals surface area contributed by atoms with Gasteiger partial charge < -0.3 is 69.9 Å². The number of nitrogens with two attached hydrogens (primary N) is 1. The molecule has 3 heterocycles. The number of hydrogen-bond acceptors (Lipinski definition) is 15. The van der Waals surface area contributed by atoms with E-state index in [4.69, 9.17) is 34.2 Å². The van der Waals surface area contributed by atoms with E-state index in [1.807, 2.05) is 32.8 Å². The van der Waals surface area contributed by atoms with Crippen LogP contribution in [0.3, 0.4) is 0 Å². The summed E-state index contributed by atoms with van der Waals surface area (Å²) in [4.78, 5) is 16.1. The van der Waals surface area contributed by atoms with E-state index in [9.17, 15) is 30.3 Å². The zero-order valence-corrected chi connectivity index (χ0v) is 34.4. The molecule has 0 saturated carbocycles. The van der Waals surface area contributed by atoms with Gasteiger partial charge in [0.25, 0.3) is 0 Å². The molecular formula is C38H73N3O12. The van der Waals surface area contributed by atoms with Crippen molar-refractivity contribution >= 4 is 5.97 Å². The second kappa shape index (κ2) is 18.0. The van der Waals surface area contributed by atoms with Gasteiger partial charge in [0.2, 0.25) is 0 Å². The number of aliphatic hydroxyl groups excluding tert-OH is 2. The summed E-state index contributed by atoms with van der Waals surface area (Å²) in [5, 5.41) is 61.8. The predicted octanol–water partition coefficient (Wildman–Crippen LogP) is 0.887. The van der Waals surface area contributed by atoms with E-state index in [0.717, 1.165) is 0 Å². The first-order valence-corrected chi connectivity index (χ1v) is 19.4. The molecule has 0 amide bonds. The number of likely N-dealkylation sites (N-methyl/N-ethyl adjacent to an activating group) is 1. The molecule has 15 nitrogen and oxygen atoms in total. The van der Waals surface area contributed by atoms with E-state index >= 15 is 0 Å². The van der Waals surface area contributed by atoms with Crippen molar-refractivity contribution < 1.29 is 58.7 Å². The van der Waals surface area contributed by atoms with Gasteiger partial charge in [0, 0.05) is 38.1 Å². The first-order valence-electron chi connectivity index (χ1n) is 19.4. The Labute approximate surface area is 317 Å². The first-order chi connectivity index (χ1) is 24.4. The summed E-state index contributed by atoms with van der Waals surface area (Å²) < 4.78 is 37.7. The average Bonchev–Trinajstić information content (AvgIpc) is 3.08. The average molecular weight is 764 g/mol. The lowest BCUT2D eigenvalue weighted by molar-refractivity contribution is -0.335. The lowest BCUT2D eigenvalue weighted by atomic mass is 9.75. The SMILES string of the molecule is CC[C@H]1OC(=O)[C@H](C)[C@@H](O[C@H]2C[C@@](C)(OC)[C@](O)(CN)[C@H](C)O2)[C@H](C)[C@@H](O[C@@H]2O[C@H](C)C[C@H](N(C)C)[C@H]2O)[C@](C)(O)C[C@@H](C)CN[C@H](C)[C@@H](O)C1(C)O. The lowest BCUT2D eigenvalue weighted by Crippen LogP contribution is -2.69. The molecule has 3 fully saturated rings. The number of methoxy groups -OCH3 is 1. The fraction of sp³-hybridized carbons (Fsp3) is 0.974. The first kappa shape index (κ1) is 46.3. The molecular weight excluding hydrogens is 690 g/mol. The molecule has 0 aromatic heterocycles. The number of esters is 1. The van der Waals surface area contributed by atoms with Gasteiger partial charge in [-0.05, 0) is 94.3 Å². The van der Waals surface area contributed by atoms with Crippen molar-refractivity contribution in [2.24, 2.45) is 23.5 Å². The number of carbonyl (C=O) groups excluding carboxylic acids is 1. The van der Waals surface area contributed by atoms with Crippen LogP contribution in [0.1, 0.15) is 94.9 Å². The topological polar surface area (TPSA) is 215 Å². The van der Waals surface area contributed by atoms with Crippen LogP contribution in [0.5, 0.6) is 0 Å². The van der Waals surface area contributed by atoms with Crippen LogP contribution >= 0.6 is 0 Å². The van der Waals surface area contributed by atoms with E-state index in [2.05, 4.69) is 5.32 Å². The Bertz CT molecular complexity index is 1180. The Morgan fingerprint density at radius 2 is 1.60 bits per heavy atom. The summed E-state index contributed by atoms with van der Waals surface area (Å²) >= 11 is 0. The highest BCUT2D eigenvalue weighted by Crippen LogP contribution is 2.43. The maximum atomic E-state index is 14.2. The van der Waals surface area contributed by atoms with E-state index in [1.54, 1.807) is 48.5 Å². The summed E-state index contributed by atoms with van der Waals surface area (Å²) in [5.41, 5.74) is -0.111. The third-order valence-corrected chi connectivity index (χ3v) is 12.5. The molecule has 0 aliphatic carbocycles. The van der Waals surface area contributed by atoms with Crippen LogP contribution in [0.2, 0.25) is 0 Å². The molecule has 8 N–H and O–H groups in total. The molecule has 0 radical (unpaired) electrons. The van der Waals surface area contributed by atoms with Crippen LogP contribution in [0, 0.1) is 17.8 Å². The summed E-state index contributed by atoms with van der Waals surface area (Å²) in [6.45, 7) is 17.5. The Morgan fingerprint density at radius 1 is 0.981 bits per heavy atom. The molecule has 0 spiro atoms. The number of nitrogens with one attached hydrogen (secondary N) is 1. The molecule has 18 atom stereocenters. The zero-order valence-electron chi connectivity index (χ0n) is 34.4. The van der Waals surface area contributed by atoms with Crippen LogP contribution in [0.15, 0.2) is 0 Å². The number of ether oxygens (including phenoxy) is 6. The molecule has 0 aromatic carbocycles. The maximum absolute atomic E-state index is 14.2. The summed E-state index contributed by atoms with van der Waals surface area (Å²) in [7, 11) is 5.23. The quantitative estimate of drug-likeness (QED) is 0.171. The monoisotopic (exact) mass is 764 g/mol. The third kappa shape index (κ3) is 9.92. The Hall–Kier alpha value is -1.05. The summed E-state index contributed by atoms with van der Waals surface area (Å²) in [6, 6.07) is -0.884. The lowest BCUT2D eigenvalue weighted by Gasteiger charge is -2.53. The van der Waals surface area contributed by atoms with Crippen molar-refractivity contribution in [2.75, 3.05) is 34.3 Å². The van der Waals surface area contributed by atoms with Gasteiger partial charge in [-0.3, -0.25) is 4.79 Å². The fourth-order valence-corrected chi connectivity index (χ4v) is 8.80. The second-order valence-electron chi connectivity index (χ2n) is 17.2. The molecule has 1 unspecified atom stereocenters. The maximum Gasteiger partial charge on any atom is 0.311 e. The molecule has 312 valence electrons. The largest absolute Gasteiger partial charge is 0.459 e. The van der Waals surface area contributed by atoms with Gasteiger partial charge in [-0.1, -0.05) is 20.8 Å². The van der Waals surface area contributed by atoms with Crippen molar-refractivity contribution in [3.63, 3.8) is 0 Å². The van der Waals surface area contributed by atoms with Crippen molar-refractivity contribution in [2.45, 2.75) is 185 Å². The number of hydrogen-bond donors (Lipinski definition) is 7. The minimum absolute atomic E-state index is 0.0417. The Kier molecular flexibility index (Phi) is 15.8. The molecule has 3 aliphatic rings. The minimum atomic E-state index is -1.82. The van der Waals surface area contributed by atoms with Crippen molar-refractivity contribution in [3.8, 4) is 0 Å². The molecule has 0 bridgehead atoms. The van der Waals surface area contributed by atoms with Crippen molar-refractivity contribution in [1.82, 2.24) is 10.2 Å². The number of cyclic esters (lactones) is 1. The van der Waals surface area contributed by atoms with Crippen molar-refractivity contribution in [3.05, 3.63) is 0 Å². The van der Waals surface area contributed by atoms with Crippen molar-refractivity contribution in [1.29, 1.82) is 0 Å². The highest BCUT2D eigenvalue weighted by Gasteiger charge is 2.58. The zero-order chi connectivity index (χ0) is 40.4.